The van der Waals surface area contributed by atoms with E-state index in [4.69, 9.17) is 16.3 Å². The number of halogens is 1. The van der Waals surface area contributed by atoms with Crippen molar-refractivity contribution in [1.82, 2.24) is 15.2 Å². The zero-order valence-corrected chi connectivity index (χ0v) is 19.3. The van der Waals surface area contributed by atoms with Gasteiger partial charge in [-0.3, -0.25) is 20.4 Å². The molecule has 0 saturated heterocycles. The van der Waals surface area contributed by atoms with Crippen molar-refractivity contribution in [1.29, 1.82) is 0 Å². The van der Waals surface area contributed by atoms with E-state index in [1.807, 2.05) is 30.3 Å². The van der Waals surface area contributed by atoms with Crippen LogP contribution < -0.4 is 15.6 Å². The van der Waals surface area contributed by atoms with Gasteiger partial charge in [0.15, 0.2) is 0 Å². The van der Waals surface area contributed by atoms with Gasteiger partial charge in [-0.05, 0) is 48.0 Å². The molecule has 0 heterocycles. The first-order chi connectivity index (χ1) is 15.8. The smallest absolute Gasteiger partial charge is 0.269 e. The summed E-state index contributed by atoms with van der Waals surface area (Å²) in [6.45, 7) is -0.150. The molecule has 3 rings (SSSR count). The van der Waals surface area contributed by atoms with Gasteiger partial charge in [0.25, 0.3) is 11.8 Å². The first kappa shape index (κ1) is 24.2. The Morgan fingerprint density at radius 2 is 1.64 bits per heavy atom. The van der Waals surface area contributed by atoms with E-state index < -0.39 is 28.4 Å². The number of amides is 2. The van der Waals surface area contributed by atoms with Crippen LogP contribution in [-0.2, 0) is 21.4 Å². The van der Waals surface area contributed by atoms with Crippen LogP contribution >= 0.6 is 11.6 Å². The number of likely N-dealkylation sites (N-methyl/N-ethyl adjacent to an activating group) is 1. The Morgan fingerprint density at radius 3 is 2.33 bits per heavy atom. The van der Waals surface area contributed by atoms with Crippen molar-refractivity contribution < 1.29 is 22.7 Å². The highest BCUT2D eigenvalue weighted by Crippen LogP contribution is 2.17. The second-order valence-electron chi connectivity index (χ2n) is 7.02. The lowest BCUT2D eigenvalue weighted by atomic mass is 10.2. The average Bonchev–Trinajstić information content (AvgIpc) is 2.82. The number of sulfonamides is 1. The molecular formula is C23H22ClN3O5S. The molecule has 8 nitrogen and oxygen atoms in total. The zero-order chi connectivity index (χ0) is 23.8. The molecule has 0 bridgehead atoms. The van der Waals surface area contributed by atoms with E-state index in [9.17, 15) is 18.0 Å². The lowest BCUT2D eigenvalue weighted by molar-refractivity contribution is -0.121. The Bertz CT molecular complexity index is 1220. The number of ether oxygens (including phenoxy) is 1. The summed E-state index contributed by atoms with van der Waals surface area (Å²) in [6.07, 6.45) is 0. The van der Waals surface area contributed by atoms with Gasteiger partial charge >= 0.3 is 0 Å². The third-order valence-electron chi connectivity index (χ3n) is 4.55. The zero-order valence-electron chi connectivity index (χ0n) is 17.7. The highest BCUT2D eigenvalue weighted by Gasteiger charge is 2.23. The summed E-state index contributed by atoms with van der Waals surface area (Å²) in [5.74, 6) is -0.789. The first-order valence-corrected chi connectivity index (χ1v) is 11.7. The average molecular weight is 488 g/mol. The minimum atomic E-state index is -3.89. The van der Waals surface area contributed by atoms with Crippen LogP contribution in [0.1, 0.15) is 15.9 Å². The summed E-state index contributed by atoms with van der Waals surface area (Å²) in [5, 5.41) is 0.395. The molecule has 0 aliphatic rings. The number of hydrogen-bond donors (Lipinski definition) is 2. The van der Waals surface area contributed by atoms with Gasteiger partial charge < -0.3 is 4.74 Å². The predicted molar refractivity (Wildman–Crippen MR) is 124 cm³/mol. The van der Waals surface area contributed by atoms with Gasteiger partial charge in [0, 0.05) is 17.6 Å². The van der Waals surface area contributed by atoms with Crippen molar-refractivity contribution in [2.75, 3.05) is 13.6 Å². The Hall–Kier alpha value is -3.40. The maximum atomic E-state index is 12.5. The quantitative estimate of drug-likeness (QED) is 0.475. The third-order valence-corrected chi connectivity index (χ3v) is 6.62. The summed E-state index contributed by atoms with van der Waals surface area (Å²) in [7, 11) is -2.63. The second kappa shape index (κ2) is 11.0. The Balaban J connectivity index is 1.52. The van der Waals surface area contributed by atoms with E-state index in [0.29, 0.717) is 17.4 Å². The molecule has 3 aromatic carbocycles. The monoisotopic (exact) mass is 487 g/mol. The van der Waals surface area contributed by atoms with Crippen LogP contribution in [-0.4, -0.2) is 38.1 Å². The predicted octanol–water partition coefficient (Wildman–Crippen LogP) is 3.00. The number of hydrogen-bond acceptors (Lipinski definition) is 5. The van der Waals surface area contributed by atoms with Crippen LogP contribution in [0.25, 0.3) is 0 Å². The molecule has 0 saturated carbocycles. The molecule has 172 valence electrons. The van der Waals surface area contributed by atoms with Crippen LogP contribution in [0, 0.1) is 0 Å². The van der Waals surface area contributed by atoms with Crippen LogP contribution in [0.5, 0.6) is 5.75 Å². The van der Waals surface area contributed by atoms with Gasteiger partial charge in [-0.2, -0.15) is 4.31 Å². The molecule has 0 radical (unpaired) electrons. The fourth-order valence-electron chi connectivity index (χ4n) is 2.78. The normalized spacial score (nSPS) is 11.1. The Morgan fingerprint density at radius 1 is 0.939 bits per heavy atom. The van der Waals surface area contributed by atoms with E-state index in [1.165, 1.54) is 31.3 Å². The van der Waals surface area contributed by atoms with Crippen molar-refractivity contribution in [3.05, 3.63) is 95.0 Å². The number of benzene rings is 3. The third kappa shape index (κ3) is 6.79. The first-order valence-electron chi connectivity index (χ1n) is 9.83. The minimum absolute atomic E-state index is 0.00134. The van der Waals surface area contributed by atoms with Gasteiger partial charge in [-0.1, -0.05) is 48.0 Å². The molecule has 0 atom stereocenters. The number of nitrogens with zero attached hydrogens (tertiary/aromatic N) is 1. The molecule has 33 heavy (non-hydrogen) atoms. The van der Waals surface area contributed by atoms with Crippen LogP contribution in [0.3, 0.4) is 0 Å². The molecule has 0 fully saturated rings. The van der Waals surface area contributed by atoms with Crippen molar-refractivity contribution in [2.45, 2.75) is 11.5 Å². The van der Waals surface area contributed by atoms with E-state index in [-0.39, 0.29) is 10.5 Å². The number of rotatable bonds is 8. The summed E-state index contributed by atoms with van der Waals surface area (Å²) in [4.78, 5) is 24.6. The number of carbonyl (C=O) groups is 2. The van der Waals surface area contributed by atoms with Gasteiger partial charge in [-0.25, -0.2) is 8.42 Å². The van der Waals surface area contributed by atoms with Crippen molar-refractivity contribution in [3.8, 4) is 5.75 Å². The van der Waals surface area contributed by atoms with Gasteiger partial charge in [0.05, 0.1) is 11.4 Å². The Labute approximate surface area is 197 Å². The fourth-order valence-corrected chi connectivity index (χ4v) is 4.03. The van der Waals surface area contributed by atoms with Crippen molar-refractivity contribution >= 4 is 33.4 Å². The molecule has 0 unspecified atom stereocenters. The van der Waals surface area contributed by atoms with Gasteiger partial charge in [0.1, 0.15) is 12.4 Å². The maximum Gasteiger partial charge on any atom is 0.269 e. The molecule has 2 amide bonds. The molecule has 0 aromatic heterocycles. The SMILES string of the molecule is CN(CC(=O)NNC(=O)c1cccc(OCc2ccccc2)c1)S(=O)(=O)c1ccc(Cl)cc1. The summed E-state index contributed by atoms with van der Waals surface area (Å²) < 4.78 is 31.7. The van der Waals surface area contributed by atoms with Gasteiger partial charge in [-0.15, -0.1) is 0 Å². The molecule has 2 N–H and O–H groups in total. The Kier molecular flexibility index (Phi) is 8.05. The van der Waals surface area contributed by atoms with Crippen molar-refractivity contribution in [2.24, 2.45) is 0 Å². The lowest BCUT2D eigenvalue weighted by Gasteiger charge is -2.17. The largest absolute Gasteiger partial charge is 0.489 e. The van der Waals surface area contributed by atoms with E-state index >= 15 is 0 Å². The molecule has 0 aliphatic heterocycles. The standard InChI is InChI=1S/C23H22ClN3O5S/c1-27(33(30,31)21-12-10-19(24)11-13-21)15-22(28)25-26-23(29)18-8-5-9-20(14-18)32-16-17-6-3-2-4-7-17/h2-14H,15-16H2,1H3,(H,25,28)(H,26,29). The minimum Gasteiger partial charge on any atom is -0.489 e. The summed E-state index contributed by atoms with van der Waals surface area (Å²) >= 11 is 5.78. The van der Waals surface area contributed by atoms with Gasteiger partial charge in [0.2, 0.25) is 10.0 Å². The number of nitrogens with one attached hydrogen (secondary N) is 2. The summed E-state index contributed by atoms with van der Waals surface area (Å²) in [5.41, 5.74) is 5.74. The van der Waals surface area contributed by atoms with E-state index in [1.54, 1.807) is 24.3 Å². The van der Waals surface area contributed by atoms with Crippen LogP contribution in [0.4, 0.5) is 0 Å². The number of carbonyl (C=O) groups excluding carboxylic acids is 2. The molecule has 3 aromatic rings. The molecule has 10 heteroatoms. The molecule has 0 spiro atoms. The highest BCUT2D eigenvalue weighted by molar-refractivity contribution is 7.89. The van der Waals surface area contributed by atoms with Crippen LogP contribution in [0.15, 0.2) is 83.8 Å². The summed E-state index contributed by atoms with van der Waals surface area (Å²) in [6, 6.07) is 21.6. The number of hydrazine groups is 1. The van der Waals surface area contributed by atoms with E-state index in [0.717, 1.165) is 9.87 Å². The molecule has 0 aliphatic carbocycles. The van der Waals surface area contributed by atoms with E-state index in [2.05, 4.69) is 10.9 Å². The fraction of sp³-hybridized carbons (Fsp3) is 0.130. The molecular weight excluding hydrogens is 466 g/mol. The topological polar surface area (TPSA) is 105 Å². The highest BCUT2D eigenvalue weighted by atomic mass is 35.5. The van der Waals surface area contributed by atoms with Crippen LogP contribution in [0.2, 0.25) is 5.02 Å². The van der Waals surface area contributed by atoms with Crippen molar-refractivity contribution in [3.63, 3.8) is 0 Å². The maximum absolute atomic E-state index is 12.5. The second-order valence-corrected chi connectivity index (χ2v) is 9.50. The lowest BCUT2D eigenvalue weighted by Crippen LogP contribution is -2.46.